The van der Waals surface area contributed by atoms with E-state index in [2.05, 4.69) is 5.32 Å². The molecule has 0 aliphatic carbocycles. The van der Waals surface area contributed by atoms with Gasteiger partial charge in [-0.1, -0.05) is 12.1 Å². The average Bonchev–Trinajstić information content (AvgIpc) is 2.42. The van der Waals surface area contributed by atoms with Crippen LogP contribution < -0.4 is 5.32 Å². The fourth-order valence-corrected chi connectivity index (χ4v) is 2.34. The minimum Gasteiger partial charge on any atom is -0.387 e. The molecule has 0 radical (unpaired) electrons. The van der Waals surface area contributed by atoms with Gasteiger partial charge in [0.1, 0.15) is 0 Å². The highest BCUT2D eigenvalue weighted by Gasteiger charge is 2.09. The van der Waals surface area contributed by atoms with E-state index in [1.54, 1.807) is 30.5 Å². The molecular formula is C14H20N2O2S. The van der Waals surface area contributed by atoms with E-state index >= 15 is 0 Å². The van der Waals surface area contributed by atoms with Gasteiger partial charge in [0.15, 0.2) is 0 Å². The van der Waals surface area contributed by atoms with Gasteiger partial charge in [0.25, 0.3) is 0 Å². The normalized spacial score (nSPS) is 15.5. The van der Waals surface area contributed by atoms with Crippen molar-refractivity contribution in [3.05, 3.63) is 35.4 Å². The van der Waals surface area contributed by atoms with Gasteiger partial charge >= 0.3 is 0 Å². The number of benzene rings is 1. The van der Waals surface area contributed by atoms with Crippen molar-refractivity contribution < 1.29 is 9.32 Å². The fraction of sp³-hybridized carbons (Fsp3) is 0.500. The molecule has 0 amide bonds. The summed E-state index contributed by atoms with van der Waals surface area (Å²) in [6, 6.07) is 9.18. The maximum atomic E-state index is 11.0. The van der Waals surface area contributed by atoms with Crippen LogP contribution in [-0.2, 0) is 10.8 Å². The van der Waals surface area contributed by atoms with Crippen molar-refractivity contribution in [1.29, 1.82) is 5.26 Å². The van der Waals surface area contributed by atoms with Crippen LogP contribution in [0.25, 0.3) is 0 Å². The number of rotatable bonds is 7. The van der Waals surface area contributed by atoms with Gasteiger partial charge in [-0.2, -0.15) is 5.26 Å². The molecule has 0 aromatic heterocycles. The van der Waals surface area contributed by atoms with Crippen LogP contribution >= 0.6 is 0 Å². The Morgan fingerprint density at radius 1 is 1.42 bits per heavy atom. The van der Waals surface area contributed by atoms with Crippen LogP contribution in [0.3, 0.4) is 0 Å². The number of nitriles is 1. The summed E-state index contributed by atoms with van der Waals surface area (Å²) in [7, 11) is -0.773. The highest BCUT2D eigenvalue weighted by molar-refractivity contribution is 7.84. The van der Waals surface area contributed by atoms with Crippen LogP contribution in [0.5, 0.6) is 0 Å². The minimum atomic E-state index is -0.773. The summed E-state index contributed by atoms with van der Waals surface area (Å²) < 4.78 is 11.0. The van der Waals surface area contributed by atoms with Crippen LogP contribution in [0, 0.1) is 11.3 Å². The van der Waals surface area contributed by atoms with Crippen molar-refractivity contribution in [2.45, 2.75) is 25.5 Å². The zero-order valence-corrected chi connectivity index (χ0v) is 12.1. The van der Waals surface area contributed by atoms with Crippen LogP contribution in [-0.4, -0.2) is 33.9 Å². The van der Waals surface area contributed by atoms with Crippen molar-refractivity contribution in [3.63, 3.8) is 0 Å². The van der Waals surface area contributed by atoms with Gasteiger partial charge < -0.3 is 10.4 Å². The number of aliphatic hydroxyl groups is 1. The lowest BCUT2D eigenvalue weighted by Crippen LogP contribution is -2.31. The van der Waals surface area contributed by atoms with Crippen LogP contribution in [0.2, 0.25) is 0 Å². The molecule has 0 bridgehead atoms. The first-order valence-electron chi connectivity index (χ1n) is 6.24. The highest BCUT2D eigenvalue weighted by Crippen LogP contribution is 2.13. The summed E-state index contributed by atoms with van der Waals surface area (Å²) in [4.78, 5) is 0. The lowest BCUT2D eigenvalue weighted by Gasteiger charge is -2.17. The van der Waals surface area contributed by atoms with E-state index in [4.69, 9.17) is 5.26 Å². The summed E-state index contributed by atoms with van der Waals surface area (Å²) in [6.07, 6.45) is 1.92. The Morgan fingerprint density at radius 3 is 2.58 bits per heavy atom. The van der Waals surface area contributed by atoms with E-state index in [9.17, 15) is 9.32 Å². The zero-order chi connectivity index (χ0) is 14.3. The summed E-state index contributed by atoms with van der Waals surface area (Å²) in [5.74, 6) is 0.668. The standard InChI is InChI=1S/C14H20N2O2S/c1-11(7-8-19(2)18)16-10-14(17)13-5-3-12(9-15)4-6-13/h3-6,11,14,16-17H,7-8,10H2,1-2H3. The molecule has 4 nitrogen and oxygen atoms in total. The first-order valence-corrected chi connectivity index (χ1v) is 7.97. The van der Waals surface area contributed by atoms with Gasteiger partial charge in [-0.05, 0) is 31.0 Å². The molecule has 0 saturated carbocycles. The molecule has 5 heteroatoms. The third-order valence-corrected chi connectivity index (χ3v) is 3.73. The molecule has 19 heavy (non-hydrogen) atoms. The average molecular weight is 280 g/mol. The molecule has 0 aliphatic rings. The van der Waals surface area contributed by atoms with E-state index in [1.165, 1.54) is 0 Å². The molecule has 1 rings (SSSR count). The van der Waals surface area contributed by atoms with Crippen molar-refractivity contribution >= 4 is 10.8 Å². The summed E-state index contributed by atoms with van der Waals surface area (Å²) in [6.45, 7) is 2.46. The van der Waals surface area contributed by atoms with Crippen LogP contribution in [0.15, 0.2) is 24.3 Å². The first-order chi connectivity index (χ1) is 9.02. The third kappa shape index (κ3) is 5.97. The smallest absolute Gasteiger partial charge is 0.0991 e. The van der Waals surface area contributed by atoms with Gasteiger partial charge in [0, 0.05) is 35.4 Å². The lowest BCUT2D eigenvalue weighted by atomic mass is 10.1. The Morgan fingerprint density at radius 2 is 2.05 bits per heavy atom. The molecule has 0 saturated heterocycles. The molecule has 3 atom stereocenters. The van der Waals surface area contributed by atoms with Crippen molar-refractivity contribution in [1.82, 2.24) is 5.32 Å². The largest absolute Gasteiger partial charge is 0.387 e. The van der Waals surface area contributed by atoms with E-state index in [-0.39, 0.29) is 6.04 Å². The van der Waals surface area contributed by atoms with Gasteiger partial charge in [-0.25, -0.2) is 0 Å². The van der Waals surface area contributed by atoms with Crippen LogP contribution in [0.4, 0.5) is 0 Å². The molecule has 3 unspecified atom stereocenters. The van der Waals surface area contributed by atoms with Crippen molar-refractivity contribution in [2.24, 2.45) is 0 Å². The van der Waals surface area contributed by atoms with E-state index in [0.29, 0.717) is 17.9 Å². The number of hydrogen-bond donors (Lipinski definition) is 2. The van der Waals surface area contributed by atoms with Crippen molar-refractivity contribution in [2.75, 3.05) is 18.6 Å². The first kappa shape index (κ1) is 15.8. The monoisotopic (exact) mass is 280 g/mol. The highest BCUT2D eigenvalue weighted by atomic mass is 32.2. The Bertz CT molecular complexity index is 454. The van der Waals surface area contributed by atoms with E-state index < -0.39 is 16.9 Å². The molecule has 1 aromatic rings. The molecule has 104 valence electrons. The Labute approximate surface area is 116 Å². The van der Waals surface area contributed by atoms with Gasteiger partial charge in [0.2, 0.25) is 0 Å². The molecular weight excluding hydrogens is 260 g/mol. The second-order valence-electron chi connectivity index (χ2n) is 4.62. The maximum Gasteiger partial charge on any atom is 0.0991 e. The minimum absolute atomic E-state index is 0.219. The van der Waals surface area contributed by atoms with E-state index in [0.717, 1.165) is 12.0 Å². The second kappa shape index (κ2) is 8.05. The summed E-state index contributed by atoms with van der Waals surface area (Å²) >= 11 is 0. The third-order valence-electron chi connectivity index (χ3n) is 2.92. The Balaban J connectivity index is 2.39. The Hall–Kier alpha value is -1.22. The molecule has 0 aliphatic heterocycles. The number of aliphatic hydroxyl groups excluding tert-OH is 1. The fourth-order valence-electron chi connectivity index (χ4n) is 1.66. The topological polar surface area (TPSA) is 73.1 Å². The molecule has 0 fully saturated rings. The van der Waals surface area contributed by atoms with Gasteiger partial charge in [0.05, 0.1) is 17.7 Å². The maximum absolute atomic E-state index is 11.0. The molecule has 1 aromatic carbocycles. The van der Waals surface area contributed by atoms with Crippen molar-refractivity contribution in [3.8, 4) is 6.07 Å². The zero-order valence-electron chi connectivity index (χ0n) is 11.3. The predicted molar refractivity (Wildman–Crippen MR) is 77.1 cm³/mol. The SMILES string of the molecule is CC(CCS(C)=O)NCC(O)c1ccc(C#N)cc1. The molecule has 0 spiro atoms. The lowest BCUT2D eigenvalue weighted by molar-refractivity contribution is 0.170. The van der Waals surface area contributed by atoms with Crippen LogP contribution in [0.1, 0.15) is 30.6 Å². The predicted octanol–water partition coefficient (Wildman–Crippen LogP) is 1.34. The summed E-state index contributed by atoms with van der Waals surface area (Å²) in [5.41, 5.74) is 1.38. The van der Waals surface area contributed by atoms with Gasteiger partial charge in [-0.3, -0.25) is 4.21 Å². The van der Waals surface area contributed by atoms with E-state index in [1.807, 2.05) is 13.0 Å². The summed E-state index contributed by atoms with van der Waals surface area (Å²) in [5, 5.41) is 21.9. The Kier molecular flexibility index (Phi) is 6.71. The second-order valence-corrected chi connectivity index (χ2v) is 6.18. The molecule has 2 N–H and O–H groups in total. The number of nitrogens with zero attached hydrogens (tertiary/aromatic N) is 1. The quantitative estimate of drug-likeness (QED) is 0.790. The van der Waals surface area contributed by atoms with Gasteiger partial charge in [-0.15, -0.1) is 0 Å². The molecule has 0 heterocycles. The number of hydrogen-bond acceptors (Lipinski definition) is 4. The number of nitrogens with one attached hydrogen (secondary N) is 1.